The van der Waals surface area contributed by atoms with Gasteiger partial charge in [-0.05, 0) is 35.6 Å². The van der Waals surface area contributed by atoms with Gasteiger partial charge in [-0.1, -0.05) is 12.1 Å². The summed E-state index contributed by atoms with van der Waals surface area (Å²) in [5.41, 5.74) is 1.05. The minimum Gasteiger partial charge on any atom is -0.339 e. The second kappa shape index (κ2) is 5.14. The molecule has 0 fully saturated rings. The van der Waals surface area contributed by atoms with Crippen LogP contribution in [0.2, 0.25) is 0 Å². The average molecular weight is 216 g/mol. The first kappa shape index (κ1) is 10.4. The van der Waals surface area contributed by atoms with Crippen LogP contribution in [0.5, 0.6) is 0 Å². The Hall–Kier alpha value is -0.670. The molecule has 0 saturated carbocycles. The van der Waals surface area contributed by atoms with Crippen molar-refractivity contribution >= 4 is 28.7 Å². The van der Waals surface area contributed by atoms with Gasteiger partial charge < -0.3 is 5.32 Å². The highest BCUT2D eigenvalue weighted by Gasteiger charge is 1.95. The largest absolute Gasteiger partial charge is 0.339 e. The van der Waals surface area contributed by atoms with Crippen LogP contribution < -0.4 is 5.32 Å². The summed E-state index contributed by atoms with van der Waals surface area (Å²) in [5.74, 6) is 0. The first-order valence-electron chi connectivity index (χ1n) is 3.78. The smallest absolute Gasteiger partial charge is 0.314 e. The number of halogens is 1. The first-order chi connectivity index (χ1) is 6.22. The summed E-state index contributed by atoms with van der Waals surface area (Å²) in [6.07, 6.45) is 2.02. The molecule has 0 heterocycles. The van der Waals surface area contributed by atoms with Crippen molar-refractivity contribution in [2.45, 2.75) is 11.4 Å². The maximum Gasteiger partial charge on any atom is 0.314 e. The van der Waals surface area contributed by atoms with Gasteiger partial charge in [0.05, 0.1) is 0 Å². The van der Waals surface area contributed by atoms with Crippen molar-refractivity contribution in [3.05, 3.63) is 29.8 Å². The Bertz CT molecular complexity index is 286. The van der Waals surface area contributed by atoms with E-state index in [0.717, 1.165) is 5.56 Å². The zero-order chi connectivity index (χ0) is 9.68. The molecule has 0 unspecified atom stereocenters. The van der Waals surface area contributed by atoms with E-state index in [9.17, 15) is 4.79 Å². The molecule has 1 N–H and O–H groups in total. The zero-order valence-corrected chi connectivity index (χ0v) is 8.78. The van der Waals surface area contributed by atoms with Crippen LogP contribution in [0.25, 0.3) is 0 Å². The molecule has 0 aliphatic carbocycles. The van der Waals surface area contributed by atoms with Crippen molar-refractivity contribution in [1.82, 2.24) is 5.32 Å². The van der Waals surface area contributed by atoms with Crippen molar-refractivity contribution in [3.8, 4) is 0 Å². The van der Waals surface area contributed by atoms with Gasteiger partial charge in [-0.3, -0.25) is 4.79 Å². The molecule has 1 rings (SSSR count). The zero-order valence-electron chi connectivity index (χ0n) is 7.21. The number of rotatable bonds is 3. The highest BCUT2D eigenvalue weighted by atomic mass is 35.5. The molecule has 0 aliphatic rings. The predicted octanol–water partition coefficient (Wildman–Crippen LogP) is 2.86. The summed E-state index contributed by atoms with van der Waals surface area (Å²) < 4.78 is 0. The van der Waals surface area contributed by atoms with Crippen molar-refractivity contribution in [3.63, 3.8) is 0 Å². The molecule has 4 heteroatoms. The molecule has 13 heavy (non-hydrogen) atoms. The van der Waals surface area contributed by atoms with Crippen LogP contribution in [0, 0.1) is 0 Å². The van der Waals surface area contributed by atoms with Gasteiger partial charge in [-0.15, -0.1) is 11.8 Å². The fourth-order valence-corrected chi connectivity index (χ4v) is 1.39. The van der Waals surface area contributed by atoms with Gasteiger partial charge in [0.1, 0.15) is 0 Å². The van der Waals surface area contributed by atoms with Crippen LogP contribution in [0.3, 0.4) is 0 Å². The molecule has 1 aromatic rings. The minimum atomic E-state index is -0.519. The van der Waals surface area contributed by atoms with Crippen LogP contribution >= 0.6 is 23.4 Å². The van der Waals surface area contributed by atoms with Gasteiger partial charge in [-0.25, -0.2) is 0 Å². The lowest BCUT2D eigenvalue weighted by molar-refractivity contribution is 0.259. The van der Waals surface area contributed by atoms with E-state index in [-0.39, 0.29) is 0 Å². The van der Waals surface area contributed by atoms with E-state index < -0.39 is 5.37 Å². The number of hydrogen-bond acceptors (Lipinski definition) is 2. The molecule has 1 aromatic carbocycles. The third-order valence-electron chi connectivity index (χ3n) is 1.59. The monoisotopic (exact) mass is 215 g/mol. The fourth-order valence-electron chi connectivity index (χ4n) is 0.915. The molecular formula is C9H10ClNOS. The van der Waals surface area contributed by atoms with Gasteiger partial charge in [0.15, 0.2) is 0 Å². The predicted molar refractivity (Wildman–Crippen MR) is 56.3 cm³/mol. The van der Waals surface area contributed by atoms with Crippen LogP contribution in [-0.2, 0) is 6.54 Å². The van der Waals surface area contributed by atoms with Crippen molar-refractivity contribution in [2.75, 3.05) is 6.26 Å². The first-order valence-corrected chi connectivity index (χ1v) is 5.39. The maximum absolute atomic E-state index is 10.4. The standard InChI is InChI=1S/C9H10ClNOS/c1-13-8-4-2-7(3-5-8)6-11-9(10)12/h2-5H,6H2,1H3,(H,11,12). The van der Waals surface area contributed by atoms with E-state index >= 15 is 0 Å². The molecule has 0 spiro atoms. The van der Waals surface area contributed by atoms with Crippen LogP contribution in [-0.4, -0.2) is 11.6 Å². The lowest BCUT2D eigenvalue weighted by atomic mass is 10.2. The number of nitrogens with one attached hydrogen (secondary N) is 1. The number of thioether (sulfide) groups is 1. The van der Waals surface area contributed by atoms with Crippen LogP contribution in [0.1, 0.15) is 5.56 Å². The molecular weight excluding hydrogens is 206 g/mol. The maximum atomic E-state index is 10.4. The molecule has 0 aromatic heterocycles. The molecule has 0 aliphatic heterocycles. The number of benzene rings is 1. The Kier molecular flexibility index (Phi) is 4.12. The summed E-state index contributed by atoms with van der Waals surface area (Å²) in [6, 6.07) is 7.97. The van der Waals surface area contributed by atoms with E-state index in [4.69, 9.17) is 11.6 Å². The minimum absolute atomic E-state index is 0.483. The van der Waals surface area contributed by atoms with E-state index in [0.29, 0.717) is 6.54 Å². The SMILES string of the molecule is CSc1ccc(CNC(=O)Cl)cc1. The Labute approximate surface area is 86.7 Å². The second-order valence-electron chi connectivity index (χ2n) is 2.48. The Balaban J connectivity index is 2.54. The quantitative estimate of drug-likeness (QED) is 0.477. The van der Waals surface area contributed by atoms with Crippen LogP contribution in [0.15, 0.2) is 29.2 Å². The number of amides is 1. The number of carbonyl (C=O) groups is 1. The van der Waals surface area contributed by atoms with E-state index in [2.05, 4.69) is 5.32 Å². The Morgan fingerprint density at radius 2 is 2.08 bits per heavy atom. The summed E-state index contributed by atoms with van der Waals surface area (Å²) in [7, 11) is 0. The van der Waals surface area contributed by atoms with Gasteiger partial charge in [0, 0.05) is 11.4 Å². The number of hydrogen-bond donors (Lipinski definition) is 1. The molecule has 70 valence electrons. The molecule has 0 atom stereocenters. The van der Waals surface area contributed by atoms with Crippen molar-refractivity contribution in [2.24, 2.45) is 0 Å². The fraction of sp³-hybridized carbons (Fsp3) is 0.222. The van der Waals surface area contributed by atoms with Crippen molar-refractivity contribution < 1.29 is 4.79 Å². The van der Waals surface area contributed by atoms with Gasteiger partial charge in [0.25, 0.3) is 0 Å². The summed E-state index contributed by atoms with van der Waals surface area (Å²) in [6.45, 7) is 0.483. The van der Waals surface area contributed by atoms with Crippen molar-refractivity contribution in [1.29, 1.82) is 0 Å². The van der Waals surface area contributed by atoms with E-state index in [1.807, 2.05) is 30.5 Å². The Morgan fingerprint density at radius 1 is 1.46 bits per heavy atom. The Morgan fingerprint density at radius 3 is 2.54 bits per heavy atom. The van der Waals surface area contributed by atoms with Gasteiger partial charge in [-0.2, -0.15) is 0 Å². The lowest BCUT2D eigenvalue weighted by Gasteiger charge is -2.01. The lowest BCUT2D eigenvalue weighted by Crippen LogP contribution is -2.15. The highest BCUT2D eigenvalue weighted by Crippen LogP contribution is 2.14. The highest BCUT2D eigenvalue weighted by molar-refractivity contribution is 7.98. The summed E-state index contributed by atoms with van der Waals surface area (Å²) in [5, 5.41) is 2.00. The van der Waals surface area contributed by atoms with E-state index in [1.165, 1.54) is 4.90 Å². The molecule has 0 radical (unpaired) electrons. The summed E-state index contributed by atoms with van der Waals surface area (Å²) >= 11 is 6.82. The number of carbonyl (C=O) groups excluding carboxylic acids is 1. The second-order valence-corrected chi connectivity index (χ2v) is 3.70. The molecule has 0 bridgehead atoms. The molecule has 2 nitrogen and oxygen atoms in total. The van der Waals surface area contributed by atoms with Crippen LogP contribution in [0.4, 0.5) is 4.79 Å². The molecule has 1 amide bonds. The third kappa shape index (κ3) is 3.70. The normalized spacial score (nSPS) is 9.69. The van der Waals surface area contributed by atoms with Gasteiger partial charge in [0.2, 0.25) is 0 Å². The summed E-state index contributed by atoms with van der Waals surface area (Å²) in [4.78, 5) is 11.6. The molecule has 0 saturated heterocycles. The average Bonchev–Trinajstić information content (AvgIpc) is 2.15. The third-order valence-corrected chi connectivity index (χ3v) is 2.47. The van der Waals surface area contributed by atoms with E-state index in [1.54, 1.807) is 11.8 Å². The van der Waals surface area contributed by atoms with Gasteiger partial charge >= 0.3 is 5.37 Å². The topological polar surface area (TPSA) is 29.1 Å².